The van der Waals surface area contributed by atoms with Gasteiger partial charge in [-0.1, -0.05) is 97.1 Å². The topological polar surface area (TPSA) is 12.9 Å². The molecule has 1 heteroatoms. The number of nitrogens with zero attached hydrogens (tertiary/aromatic N) is 1. The van der Waals surface area contributed by atoms with Crippen LogP contribution in [-0.4, -0.2) is 4.98 Å². The van der Waals surface area contributed by atoms with Gasteiger partial charge in [-0.15, -0.1) is 0 Å². The van der Waals surface area contributed by atoms with Crippen molar-refractivity contribution < 1.29 is 0 Å². The summed E-state index contributed by atoms with van der Waals surface area (Å²) in [5, 5.41) is 6.03. The minimum absolute atomic E-state index is 1.06. The largest absolute Gasteiger partial charge is 0.255 e. The quantitative estimate of drug-likeness (QED) is 0.278. The van der Waals surface area contributed by atoms with Gasteiger partial charge in [-0.2, -0.15) is 0 Å². The van der Waals surface area contributed by atoms with Crippen LogP contribution in [0.5, 0.6) is 0 Å². The van der Waals surface area contributed by atoms with Crippen molar-refractivity contribution >= 4 is 32.4 Å². The Bertz CT molecular complexity index is 1400. The third-order valence-corrected chi connectivity index (χ3v) is 5.88. The molecule has 1 heterocycles. The summed E-state index contributed by atoms with van der Waals surface area (Å²) in [7, 11) is 0. The van der Waals surface area contributed by atoms with Crippen LogP contribution < -0.4 is 0 Å². The van der Waals surface area contributed by atoms with E-state index < -0.39 is 0 Å². The molecular weight excluding hydrogens is 362 g/mol. The summed E-state index contributed by atoms with van der Waals surface area (Å²) in [6, 6.07) is 38.8. The first-order chi connectivity index (χ1) is 14.9. The van der Waals surface area contributed by atoms with E-state index in [4.69, 9.17) is 4.98 Å². The van der Waals surface area contributed by atoms with E-state index >= 15 is 0 Å². The maximum absolute atomic E-state index is 4.87. The van der Waals surface area contributed by atoms with Crippen molar-refractivity contribution in [3.8, 4) is 22.3 Å². The molecule has 1 nitrogen and oxygen atoms in total. The Morgan fingerprint density at radius 2 is 0.967 bits per heavy atom. The van der Waals surface area contributed by atoms with E-state index in [1.807, 2.05) is 12.3 Å². The first kappa shape index (κ1) is 16.9. The number of pyridine rings is 1. The highest BCUT2D eigenvalue weighted by atomic mass is 14.7. The van der Waals surface area contributed by atoms with Gasteiger partial charge in [0.2, 0.25) is 0 Å². The number of hydrogen-bond acceptors (Lipinski definition) is 1. The zero-order chi connectivity index (χ0) is 19.9. The predicted octanol–water partition coefficient (Wildman–Crippen LogP) is 7.88. The van der Waals surface area contributed by atoms with E-state index in [1.54, 1.807) is 0 Å². The monoisotopic (exact) mass is 381 g/mol. The van der Waals surface area contributed by atoms with Crippen LogP contribution >= 0.6 is 0 Å². The lowest BCUT2D eigenvalue weighted by atomic mass is 9.96. The van der Waals surface area contributed by atoms with Gasteiger partial charge >= 0.3 is 0 Å². The average molecular weight is 381 g/mol. The van der Waals surface area contributed by atoms with Crippen LogP contribution in [0, 0.1) is 0 Å². The minimum Gasteiger partial charge on any atom is -0.255 e. The Hall–Kier alpha value is -3.97. The van der Waals surface area contributed by atoms with Gasteiger partial charge in [-0.3, -0.25) is 4.98 Å². The molecule has 0 fully saturated rings. The summed E-state index contributed by atoms with van der Waals surface area (Å²) in [4.78, 5) is 4.87. The molecule has 6 aromatic rings. The predicted molar refractivity (Wildman–Crippen MR) is 128 cm³/mol. The lowest BCUT2D eigenvalue weighted by Gasteiger charge is -2.10. The third-order valence-electron chi connectivity index (χ3n) is 5.88. The number of benzene rings is 5. The second-order valence-corrected chi connectivity index (χ2v) is 7.69. The number of hydrogen-bond donors (Lipinski definition) is 0. The molecule has 0 bridgehead atoms. The molecule has 0 atom stereocenters. The molecule has 0 saturated heterocycles. The van der Waals surface area contributed by atoms with Crippen LogP contribution in [0.1, 0.15) is 0 Å². The van der Waals surface area contributed by atoms with Crippen LogP contribution in [0.3, 0.4) is 0 Å². The SMILES string of the molecule is c1ccc(-c2ccc3c(cnc4c5ccc(-c6ccccc6)cc5ccc34)c2)cc1. The van der Waals surface area contributed by atoms with E-state index in [-0.39, 0.29) is 0 Å². The Kier molecular flexibility index (Phi) is 3.85. The molecule has 0 saturated carbocycles. The number of fused-ring (bicyclic) bond motifs is 5. The molecule has 0 spiro atoms. The van der Waals surface area contributed by atoms with Gasteiger partial charge in [0.1, 0.15) is 0 Å². The maximum Gasteiger partial charge on any atom is 0.0786 e. The van der Waals surface area contributed by atoms with E-state index in [2.05, 4.69) is 103 Å². The van der Waals surface area contributed by atoms with Crippen LogP contribution in [-0.2, 0) is 0 Å². The molecule has 1 aromatic heterocycles. The molecule has 30 heavy (non-hydrogen) atoms. The van der Waals surface area contributed by atoms with Crippen molar-refractivity contribution in [1.82, 2.24) is 4.98 Å². The second kappa shape index (κ2) is 6.82. The summed E-state index contributed by atoms with van der Waals surface area (Å²) in [6.45, 7) is 0. The maximum atomic E-state index is 4.87. The molecule has 140 valence electrons. The Balaban J connectivity index is 1.53. The number of rotatable bonds is 2. The molecule has 0 unspecified atom stereocenters. The zero-order valence-corrected chi connectivity index (χ0v) is 16.4. The van der Waals surface area contributed by atoms with Crippen molar-refractivity contribution in [3.63, 3.8) is 0 Å². The van der Waals surface area contributed by atoms with Crippen molar-refractivity contribution in [2.45, 2.75) is 0 Å². The van der Waals surface area contributed by atoms with Crippen LogP contribution in [0.15, 0.2) is 115 Å². The number of aromatic nitrogens is 1. The molecular formula is C29H19N. The molecule has 0 aliphatic carbocycles. The van der Waals surface area contributed by atoms with Crippen LogP contribution in [0.4, 0.5) is 0 Å². The lowest BCUT2D eigenvalue weighted by Crippen LogP contribution is -1.86. The van der Waals surface area contributed by atoms with E-state index in [1.165, 1.54) is 49.2 Å². The van der Waals surface area contributed by atoms with Gasteiger partial charge in [0.25, 0.3) is 0 Å². The Labute approximate surface area is 175 Å². The van der Waals surface area contributed by atoms with Gasteiger partial charge in [0, 0.05) is 22.4 Å². The fourth-order valence-corrected chi connectivity index (χ4v) is 4.34. The van der Waals surface area contributed by atoms with E-state index in [0.717, 1.165) is 5.52 Å². The first-order valence-corrected chi connectivity index (χ1v) is 10.2. The zero-order valence-electron chi connectivity index (χ0n) is 16.4. The van der Waals surface area contributed by atoms with Crippen LogP contribution in [0.25, 0.3) is 54.7 Å². The normalized spacial score (nSPS) is 11.3. The van der Waals surface area contributed by atoms with Gasteiger partial charge < -0.3 is 0 Å². The summed E-state index contributed by atoms with van der Waals surface area (Å²) in [5.41, 5.74) is 5.98. The summed E-state index contributed by atoms with van der Waals surface area (Å²) in [5.74, 6) is 0. The molecule has 0 N–H and O–H groups in total. The Morgan fingerprint density at radius 1 is 0.400 bits per heavy atom. The van der Waals surface area contributed by atoms with Crippen molar-refractivity contribution in [2.75, 3.05) is 0 Å². The van der Waals surface area contributed by atoms with Crippen LogP contribution in [0.2, 0.25) is 0 Å². The smallest absolute Gasteiger partial charge is 0.0786 e. The second-order valence-electron chi connectivity index (χ2n) is 7.69. The summed E-state index contributed by atoms with van der Waals surface area (Å²) >= 11 is 0. The average Bonchev–Trinajstić information content (AvgIpc) is 2.84. The molecule has 6 rings (SSSR count). The van der Waals surface area contributed by atoms with Crippen molar-refractivity contribution in [1.29, 1.82) is 0 Å². The molecule has 5 aromatic carbocycles. The van der Waals surface area contributed by atoms with Crippen molar-refractivity contribution in [2.24, 2.45) is 0 Å². The standard InChI is InChI=1S/C29H19N/c1-3-7-20(8-4-1)22-12-15-27-24(17-22)13-16-28-26-14-11-23(21-9-5-2-6-10-21)18-25(26)19-30-29(27)28/h1-19H. The third kappa shape index (κ3) is 2.75. The highest BCUT2D eigenvalue weighted by Crippen LogP contribution is 2.33. The van der Waals surface area contributed by atoms with Gasteiger partial charge in [-0.25, -0.2) is 0 Å². The van der Waals surface area contributed by atoms with Gasteiger partial charge in [0.05, 0.1) is 5.52 Å². The highest BCUT2D eigenvalue weighted by Gasteiger charge is 2.08. The minimum atomic E-state index is 1.06. The van der Waals surface area contributed by atoms with Gasteiger partial charge in [-0.05, 0) is 45.2 Å². The lowest BCUT2D eigenvalue weighted by molar-refractivity contribution is 1.46. The first-order valence-electron chi connectivity index (χ1n) is 10.2. The summed E-state index contributed by atoms with van der Waals surface area (Å²) in [6.07, 6.45) is 2.01. The molecule has 0 radical (unpaired) electrons. The van der Waals surface area contributed by atoms with Crippen molar-refractivity contribution in [3.05, 3.63) is 115 Å². The molecule has 0 aliphatic heterocycles. The highest BCUT2D eigenvalue weighted by molar-refractivity contribution is 6.15. The fraction of sp³-hybridized carbons (Fsp3) is 0. The Morgan fingerprint density at radius 3 is 1.63 bits per heavy atom. The summed E-state index contributed by atoms with van der Waals surface area (Å²) < 4.78 is 0. The molecule has 0 amide bonds. The van der Waals surface area contributed by atoms with E-state index in [0.29, 0.717) is 0 Å². The van der Waals surface area contributed by atoms with Gasteiger partial charge in [0.15, 0.2) is 0 Å². The fourth-order valence-electron chi connectivity index (χ4n) is 4.34. The van der Waals surface area contributed by atoms with E-state index in [9.17, 15) is 0 Å². The molecule has 0 aliphatic rings.